The van der Waals surface area contributed by atoms with E-state index in [0.29, 0.717) is 23.9 Å². The maximum absolute atomic E-state index is 11.7. The highest BCUT2D eigenvalue weighted by atomic mass is 79.9. The van der Waals surface area contributed by atoms with Gasteiger partial charge in [0.05, 0.1) is 23.5 Å². The maximum Gasteiger partial charge on any atom is 0.348 e. The second-order valence-corrected chi connectivity index (χ2v) is 5.30. The summed E-state index contributed by atoms with van der Waals surface area (Å²) in [6.07, 6.45) is 0. The zero-order valence-electron chi connectivity index (χ0n) is 12.3. The fourth-order valence-electron chi connectivity index (χ4n) is 1.95. The molecule has 120 valence electrons. The molecule has 1 aromatic carbocycles. The Morgan fingerprint density at radius 3 is 2.55 bits per heavy atom. The van der Waals surface area contributed by atoms with Gasteiger partial charge >= 0.3 is 17.1 Å². The number of nitrogens with zero attached hydrogens (tertiary/aromatic N) is 1. The van der Waals surface area contributed by atoms with E-state index < -0.39 is 0 Å². The summed E-state index contributed by atoms with van der Waals surface area (Å²) in [5, 5.41) is 0.485. The number of thiazole rings is 1. The van der Waals surface area contributed by atoms with Crippen LogP contribution in [0.3, 0.4) is 0 Å². The molecule has 0 aliphatic carbocycles. The molecule has 0 fully saturated rings. The van der Waals surface area contributed by atoms with Gasteiger partial charge in [-0.1, -0.05) is 0 Å². The number of carbonyl (C=O) groups excluding carboxylic acids is 2. The van der Waals surface area contributed by atoms with Crippen molar-refractivity contribution in [3.05, 3.63) is 23.8 Å². The quantitative estimate of drug-likeness (QED) is 0.498. The molecule has 0 saturated carbocycles. The van der Waals surface area contributed by atoms with Crippen LogP contribution < -0.4 is 27.3 Å². The van der Waals surface area contributed by atoms with Gasteiger partial charge in [-0.05, 0) is 43.4 Å². The summed E-state index contributed by atoms with van der Waals surface area (Å²) in [5.74, 6) is -0.716. The molecule has 22 heavy (non-hydrogen) atoms. The molecular weight excluding hydrogens is 372 g/mol. The number of benzene rings is 1. The largest absolute Gasteiger partial charge is 1.00 e. The number of anilines is 1. The Kier molecular flexibility index (Phi) is 6.76. The van der Waals surface area contributed by atoms with Crippen LogP contribution in [0.2, 0.25) is 0 Å². The van der Waals surface area contributed by atoms with Gasteiger partial charge in [-0.15, -0.1) is 0 Å². The van der Waals surface area contributed by atoms with Crippen molar-refractivity contribution in [2.45, 2.75) is 20.4 Å². The van der Waals surface area contributed by atoms with Crippen molar-refractivity contribution in [3.8, 4) is 0 Å². The summed E-state index contributed by atoms with van der Waals surface area (Å²) in [5.41, 5.74) is 7.20. The molecule has 8 heteroatoms. The third-order valence-electron chi connectivity index (χ3n) is 2.83. The number of halogens is 1. The summed E-state index contributed by atoms with van der Waals surface area (Å²) in [7, 11) is 0. The second kappa shape index (κ2) is 8.09. The molecule has 0 aliphatic rings. The molecule has 2 aromatic rings. The van der Waals surface area contributed by atoms with Gasteiger partial charge in [-0.2, -0.15) is 0 Å². The molecule has 0 amide bonds. The lowest BCUT2D eigenvalue weighted by Gasteiger charge is -2.02. The zero-order valence-corrected chi connectivity index (χ0v) is 14.7. The van der Waals surface area contributed by atoms with Crippen LogP contribution >= 0.6 is 11.3 Å². The molecule has 0 aliphatic heterocycles. The van der Waals surface area contributed by atoms with Crippen molar-refractivity contribution in [2.24, 2.45) is 0 Å². The summed E-state index contributed by atoms with van der Waals surface area (Å²) in [6.45, 7) is 4.22. The molecule has 1 heterocycles. The van der Waals surface area contributed by atoms with Crippen molar-refractivity contribution in [1.29, 1.82) is 0 Å². The molecule has 0 radical (unpaired) electrons. The van der Waals surface area contributed by atoms with E-state index in [4.69, 9.17) is 15.2 Å². The number of ether oxygens (including phenoxy) is 2. The average molecular weight is 389 g/mol. The molecule has 6 nitrogen and oxygen atoms in total. The number of fused-ring (bicyclic) bond motifs is 1. The van der Waals surface area contributed by atoms with Gasteiger partial charge in [-0.3, -0.25) is 5.73 Å². The zero-order chi connectivity index (χ0) is 15.4. The van der Waals surface area contributed by atoms with Crippen molar-refractivity contribution >= 4 is 38.6 Å². The topological polar surface area (TPSA) is 82.5 Å². The van der Waals surface area contributed by atoms with Gasteiger partial charge in [0.25, 0.3) is 0 Å². The molecule has 1 aromatic heterocycles. The van der Waals surface area contributed by atoms with Crippen molar-refractivity contribution in [2.75, 3.05) is 18.9 Å². The van der Waals surface area contributed by atoms with Crippen LogP contribution in [0.5, 0.6) is 0 Å². The fourth-order valence-corrected chi connectivity index (χ4v) is 2.91. The monoisotopic (exact) mass is 388 g/mol. The molecule has 2 N–H and O–H groups in total. The summed E-state index contributed by atoms with van der Waals surface area (Å²) in [6, 6.07) is 5.14. The third-order valence-corrected chi connectivity index (χ3v) is 3.81. The highest BCUT2D eigenvalue weighted by Crippen LogP contribution is 2.23. The van der Waals surface area contributed by atoms with E-state index in [1.54, 1.807) is 36.6 Å². The van der Waals surface area contributed by atoms with Crippen molar-refractivity contribution in [3.63, 3.8) is 0 Å². The molecule has 0 saturated heterocycles. The van der Waals surface area contributed by atoms with Gasteiger partial charge in [0.2, 0.25) is 0 Å². The van der Waals surface area contributed by atoms with E-state index in [1.807, 2.05) is 0 Å². The summed E-state index contributed by atoms with van der Waals surface area (Å²) < 4.78 is 12.4. The maximum atomic E-state index is 11.7. The molecule has 0 bridgehead atoms. The van der Waals surface area contributed by atoms with Gasteiger partial charge in [0.15, 0.2) is 6.54 Å². The van der Waals surface area contributed by atoms with Crippen LogP contribution in [-0.4, -0.2) is 25.2 Å². The SMILES string of the molecule is CCOC(=O)C[n+]1c(N)sc2cc(C(=O)OCC)ccc21.[Br-]. The van der Waals surface area contributed by atoms with E-state index in [1.165, 1.54) is 11.3 Å². The van der Waals surface area contributed by atoms with Crippen LogP contribution in [0.1, 0.15) is 24.2 Å². The average Bonchev–Trinajstić information content (AvgIpc) is 2.75. The van der Waals surface area contributed by atoms with Crippen LogP contribution in [0.25, 0.3) is 10.2 Å². The van der Waals surface area contributed by atoms with Gasteiger partial charge in [-0.25, -0.2) is 14.2 Å². The normalized spacial score (nSPS) is 10.1. The van der Waals surface area contributed by atoms with Crippen LogP contribution in [0.15, 0.2) is 18.2 Å². The fraction of sp³-hybridized carbons (Fsp3) is 0.357. The predicted octanol–water partition coefficient (Wildman–Crippen LogP) is -1.49. The molecule has 0 unspecified atom stereocenters. The predicted molar refractivity (Wildman–Crippen MR) is 79.0 cm³/mol. The Labute approximate surface area is 142 Å². The first kappa shape index (κ1) is 18.4. The summed E-state index contributed by atoms with van der Waals surface area (Å²) in [4.78, 5) is 23.3. The number of nitrogen functional groups attached to an aromatic ring is 1. The number of carbonyl (C=O) groups is 2. The van der Waals surface area contributed by atoms with Gasteiger partial charge < -0.3 is 26.5 Å². The van der Waals surface area contributed by atoms with Gasteiger partial charge in [0.1, 0.15) is 5.52 Å². The van der Waals surface area contributed by atoms with Gasteiger partial charge in [0, 0.05) is 0 Å². The number of aromatic nitrogens is 1. The van der Waals surface area contributed by atoms with Crippen molar-refractivity contribution in [1.82, 2.24) is 0 Å². The lowest BCUT2D eigenvalue weighted by atomic mass is 10.2. The first-order valence-electron chi connectivity index (χ1n) is 6.61. The minimum absolute atomic E-state index is 0. The minimum Gasteiger partial charge on any atom is -1.00 e. The van der Waals surface area contributed by atoms with E-state index in [0.717, 1.165) is 10.2 Å². The van der Waals surface area contributed by atoms with Crippen LogP contribution in [-0.2, 0) is 20.8 Å². The smallest absolute Gasteiger partial charge is 0.348 e. The molecule has 0 spiro atoms. The number of hydrogen-bond acceptors (Lipinski definition) is 6. The third kappa shape index (κ3) is 3.95. The number of nitrogens with two attached hydrogens (primary N) is 1. The lowest BCUT2D eigenvalue weighted by Crippen LogP contribution is -3.00. The van der Waals surface area contributed by atoms with Crippen molar-refractivity contribution < 1.29 is 40.6 Å². The Balaban J connectivity index is 0.00000242. The Morgan fingerprint density at radius 1 is 1.23 bits per heavy atom. The highest BCUT2D eigenvalue weighted by molar-refractivity contribution is 7.21. The minimum atomic E-state index is -0.372. The van der Waals surface area contributed by atoms with Crippen LogP contribution in [0, 0.1) is 0 Å². The van der Waals surface area contributed by atoms with E-state index in [2.05, 4.69) is 0 Å². The highest BCUT2D eigenvalue weighted by Gasteiger charge is 2.20. The number of rotatable bonds is 5. The number of hydrogen-bond donors (Lipinski definition) is 1. The van der Waals surface area contributed by atoms with Crippen LogP contribution in [0.4, 0.5) is 5.13 Å². The Hall–Kier alpha value is -1.67. The Morgan fingerprint density at radius 2 is 1.91 bits per heavy atom. The molecule has 0 atom stereocenters. The summed E-state index contributed by atoms with van der Waals surface area (Å²) >= 11 is 1.31. The first-order chi connectivity index (χ1) is 10.1. The lowest BCUT2D eigenvalue weighted by molar-refractivity contribution is -0.641. The van der Waals surface area contributed by atoms with E-state index in [9.17, 15) is 9.59 Å². The first-order valence-corrected chi connectivity index (χ1v) is 7.43. The molecule has 2 rings (SSSR count). The number of esters is 2. The Bertz CT molecular complexity index is 687. The van der Waals surface area contributed by atoms with E-state index >= 15 is 0 Å². The van der Waals surface area contributed by atoms with E-state index in [-0.39, 0.29) is 35.5 Å². The molecular formula is C14H17BrN2O4S. The standard InChI is InChI=1S/C14H16N2O4S.BrH/c1-3-19-12(17)8-16-10-6-5-9(13(18)20-4-2)7-11(10)21-14(16)15;/h5-7,15H,3-4,8H2,1-2H3;1H. The second-order valence-electron chi connectivity index (χ2n) is 4.23.